The van der Waals surface area contributed by atoms with Gasteiger partial charge in [-0.05, 0) is 89.9 Å². The van der Waals surface area contributed by atoms with E-state index >= 15 is 0 Å². The van der Waals surface area contributed by atoms with Crippen LogP contribution in [0.3, 0.4) is 0 Å². The van der Waals surface area contributed by atoms with Crippen molar-refractivity contribution in [3.63, 3.8) is 0 Å². The van der Waals surface area contributed by atoms with E-state index in [-0.39, 0.29) is 18.5 Å². The minimum Gasteiger partial charge on any atom is -0.466 e. The maximum Gasteiger partial charge on any atom is 0.305 e. The van der Waals surface area contributed by atoms with Gasteiger partial charge >= 0.3 is 5.97 Å². The number of amides is 1. The first kappa shape index (κ1) is 83.8. The first-order valence-corrected chi connectivity index (χ1v) is 38.9. The van der Waals surface area contributed by atoms with Gasteiger partial charge in [-0.2, -0.15) is 0 Å². The molecule has 1 amide bonds. The fourth-order valence-corrected chi connectivity index (χ4v) is 12.2. The molecular weight excluding hydrogens is 1050 g/mol. The third kappa shape index (κ3) is 70.9. The van der Waals surface area contributed by atoms with Crippen LogP contribution in [0.4, 0.5) is 0 Å². The molecule has 6 nitrogen and oxygen atoms in total. The second-order valence-electron chi connectivity index (χ2n) is 26.7. The van der Waals surface area contributed by atoms with Gasteiger partial charge in [0.15, 0.2) is 0 Å². The number of aliphatic hydroxyl groups is 2. The van der Waals surface area contributed by atoms with E-state index in [4.69, 9.17) is 4.74 Å². The number of unbranched alkanes of at least 4 members (excludes halogenated alkanes) is 54. The highest BCUT2D eigenvalue weighted by Crippen LogP contribution is 2.19. The van der Waals surface area contributed by atoms with Crippen LogP contribution in [0, 0.1) is 0 Å². The summed E-state index contributed by atoms with van der Waals surface area (Å²) in [6, 6.07) is -0.544. The average Bonchev–Trinajstić information content (AvgIpc) is 3.53. The number of nitrogens with one attached hydrogen (secondary N) is 1. The second-order valence-corrected chi connectivity index (χ2v) is 26.7. The molecule has 0 aromatic carbocycles. The Hall–Kier alpha value is -2.18. The molecule has 0 heterocycles. The fraction of sp³-hybridized carbons (Fsp3) is 0.875. The van der Waals surface area contributed by atoms with Gasteiger partial charge in [-0.25, -0.2) is 0 Å². The molecular formula is C80H151NO5. The Balaban J connectivity index is 3.40. The Morgan fingerprint density at radius 3 is 0.895 bits per heavy atom. The van der Waals surface area contributed by atoms with Gasteiger partial charge in [-0.3, -0.25) is 9.59 Å². The smallest absolute Gasteiger partial charge is 0.305 e. The molecule has 506 valence electrons. The van der Waals surface area contributed by atoms with Gasteiger partial charge < -0.3 is 20.3 Å². The van der Waals surface area contributed by atoms with Crippen LogP contribution in [0.25, 0.3) is 0 Å². The van der Waals surface area contributed by atoms with Crippen LogP contribution in [0.15, 0.2) is 48.6 Å². The van der Waals surface area contributed by atoms with Crippen molar-refractivity contribution >= 4 is 11.9 Å². The molecule has 0 bridgehead atoms. The number of hydrogen-bond donors (Lipinski definition) is 3. The summed E-state index contributed by atoms with van der Waals surface area (Å²) in [5, 5.41) is 23.5. The molecule has 0 saturated heterocycles. The SMILES string of the molecule is CCCCCC/C=C\C/C=C\CCCCCCCCCC(=O)OCCCCCCCCCCC/C=C\C/C=C\CCCCCCCCCCCCCCCC(=O)NC(CO)C(O)CCCCCCCCCCCCCCCCCCCCCCCC. The molecule has 0 fully saturated rings. The van der Waals surface area contributed by atoms with Crippen molar-refractivity contribution in [2.75, 3.05) is 13.2 Å². The maximum absolute atomic E-state index is 12.6. The summed E-state index contributed by atoms with van der Waals surface area (Å²) in [7, 11) is 0. The largest absolute Gasteiger partial charge is 0.466 e. The van der Waals surface area contributed by atoms with Gasteiger partial charge in [0.05, 0.1) is 25.4 Å². The molecule has 0 spiro atoms. The molecule has 0 aliphatic rings. The maximum atomic E-state index is 12.6. The van der Waals surface area contributed by atoms with Crippen molar-refractivity contribution in [2.24, 2.45) is 0 Å². The molecule has 0 radical (unpaired) electrons. The fourth-order valence-electron chi connectivity index (χ4n) is 12.2. The predicted molar refractivity (Wildman–Crippen MR) is 379 cm³/mol. The van der Waals surface area contributed by atoms with Gasteiger partial charge in [0, 0.05) is 12.8 Å². The van der Waals surface area contributed by atoms with Gasteiger partial charge in [0.25, 0.3) is 0 Å². The monoisotopic (exact) mass is 1210 g/mol. The van der Waals surface area contributed by atoms with Crippen LogP contribution in [0.2, 0.25) is 0 Å². The minimum atomic E-state index is -0.667. The Morgan fingerprint density at radius 1 is 0.326 bits per heavy atom. The lowest BCUT2D eigenvalue weighted by atomic mass is 10.0. The van der Waals surface area contributed by atoms with Crippen molar-refractivity contribution < 1.29 is 24.5 Å². The molecule has 0 rings (SSSR count). The zero-order valence-corrected chi connectivity index (χ0v) is 58.1. The highest BCUT2D eigenvalue weighted by atomic mass is 16.5. The highest BCUT2D eigenvalue weighted by molar-refractivity contribution is 5.76. The molecule has 0 aromatic heterocycles. The third-order valence-electron chi connectivity index (χ3n) is 18.1. The van der Waals surface area contributed by atoms with E-state index in [1.165, 1.54) is 334 Å². The van der Waals surface area contributed by atoms with E-state index in [0.717, 1.165) is 57.8 Å². The number of rotatable bonds is 73. The summed E-state index contributed by atoms with van der Waals surface area (Å²) in [5.74, 6) is -0.0264. The Kier molecular flexibility index (Phi) is 73.4. The zero-order valence-electron chi connectivity index (χ0n) is 58.1. The van der Waals surface area contributed by atoms with Crippen LogP contribution in [-0.2, 0) is 14.3 Å². The van der Waals surface area contributed by atoms with Crippen molar-refractivity contribution in [3.05, 3.63) is 48.6 Å². The first-order valence-electron chi connectivity index (χ1n) is 38.9. The average molecular weight is 1210 g/mol. The van der Waals surface area contributed by atoms with Crippen LogP contribution in [0.1, 0.15) is 425 Å². The van der Waals surface area contributed by atoms with Gasteiger partial charge in [0.2, 0.25) is 5.91 Å². The van der Waals surface area contributed by atoms with Crippen molar-refractivity contribution in [2.45, 2.75) is 437 Å². The van der Waals surface area contributed by atoms with Crippen molar-refractivity contribution in [1.82, 2.24) is 5.32 Å². The topological polar surface area (TPSA) is 95.9 Å². The third-order valence-corrected chi connectivity index (χ3v) is 18.1. The second kappa shape index (κ2) is 75.3. The van der Waals surface area contributed by atoms with E-state index in [2.05, 4.69) is 67.8 Å². The van der Waals surface area contributed by atoms with Crippen molar-refractivity contribution in [1.29, 1.82) is 0 Å². The van der Waals surface area contributed by atoms with Gasteiger partial charge in [-0.1, -0.05) is 371 Å². The van der Waals surface area contributed by atoms with E-state index in [0.29, 0.717) is 25.9 Å². The lowest BCUT2D eigenvalue weighted by molar-refractivity contribution is -0.143. The number of aliphatic hydroxyl groups excluding tert-OH is 2. The summed E-state index contributed by atoms with van der Waals surface area (Å²) < 4.78 is 5.50. The molecule has 6 heteroatoms. The Bertz CT molecular complexity index is 1440. The molecule has 0 aliphatic carbocycles. The number of esters is 1. The van der Waals surface area contributed by atoms with Crippen LogP contribution in [0.5, 0.6) is 0 Å². The number of ether oxygens (including phenoxy) is 1. The van der Waals surface area contributed by atoms with Crippen LogP contribution < -0.4 is 5.32 Å². The minimum absolute atomic E-state index is 0.00521. The molecule has 3 N–H and O–H groups in total. The number of carbonyl (C=O) groups is 2. The summed E-state index contributed by atoms with van der Waals surface area (Å²) in [6.07, 6.45) is 99.0. The van der Waals surface area contributed by atoms with Crippen LogP contribution >= 0.6 is 0 Å². The number of carbonyl (C=O) groups excluding carboxylic acids is 2. The molecule has 2 unspecified atom stereocenters. The van der Waals surface area contributed by atoms with Crippen molar-refractivity contribution in [3.8, 4) is 0 Å². The summed E-state index contributed by atoms with van der Waals surface area (Å²) in [5.41, 5.74) is 0. The molecule has 0 saturated carbocycles. The molecule has 2 atom stereocenters. The Morgan fingerprint density at radius 2 is 0.581 bits per heavy atom. The Labute approximate surface area is 537 Å². The summed E-state index contributed by atoms with van der Waals surface area (Å²) in [4.78, 5) is 24.7. The normalized spacial score (nSPS) is 12.7. The molecule has 86 heavy (non-hydrogen) atoms. The van der Waals surface area contributed by atoms with Gasteiger partial charge in [-0.15, -0.1) is 0 Å². The zero-order chi connectivity index (χ0) is 62.0. The summed E-state index contributed by atoms with van der Waals surface area (Å²) >= 11 is 0. The van der Waals surface area contributed by atoms with Crippen LogP contribution in [-0.4, -0.2) is 47.4 Å². The molecule has 0 aromatic rings. The lowest BCUT2D eigenvalue weighted by Crippen LogP contribution is -2.45. The standard InChI is InChI=1S/C80H151NO5/c1-3-5-7-9-11-13-15-17-19-21-23-24-34-37-40-44-48-52-56-60-64-68-72-78(83)77(76-82)81-79(84)73-69-65-61-57-53-49-45-41-38-35-32-30-28-26-25-27-29-31-33-36-39-43-47-51-55-59-63-67-71-75-86-80(85)74-70-66-62-58-54-50-46-42-22-20-18-16-14-12-10-8-6-4-2/h14,16,20,22,25,27,31,33,77-78,82-83H,3-13,15,17-19,21,23-24,26,28-30,32,34-76H2,1-2H3,(H,81,84)/b16-14-,22-20-,27-25-,33-31-. The number of hydrogen-bond acceptors (Lipinski definition) is 5. The van der Waals surface area contributed by atoms with E-state index in [9.17, 15) is 19.8 Å². The van der Waals surface area contributed by atoms with E-state index < -0.39 is 12.1 Å². The predicted octanol–water partition coefficient (Wildman–Crippen LogP) is 25.6. The van der Waals surface area contributed by atoms with Gasteiger partial charge in [0.1, 0.15) is 0 Å². The van der Waals surface area contributed by atoms with E-state index in [1.54, 1.807) is 0 Å². The quantitative estimate of drug-likeness (QED) is 0.0320. The first-order chi connectivity index (χ1) is 42.5. The van der Waals surface area contributed by atoms with E-state index in [1.807, 2.05) is 0 Å². The number of allylic oxidation sites excluding steroid dienone is 8. The molecule has 0 aliphatic heterocycles. The lowest BCUT2D eigenvalue weighted by Gasteiger charge is -2.22. The highest BCUT2D eigenvalue weighted by Gasteiger charge is 2.20. The summed E-state index contributed by atoms with van der Waals surface area (Å²) in [6.45, 7) is 4.97.